The van der Waals surface area contributed by atoms with Gasteiger partial charge in [-0.3, -0.25) is 24.5 Å². The molecule has 8 rings (SSSR count). The monoisotopic (exact) mass is 1020 g/mol. The zero-order valence-corrected chi connectivity index (χ0v) is 41.9. The Morgan fingerprint density at radius 3 is 0.944 bits per heavy atom. The minimum absolute atomic E-state index is 0.0212. The van der Waals surface area contributed by atoms with Crippen LogP contribution in [0.5, 0.6) is 34.5 Å². The van der Waals surface area contributed by atoms with Gasteiger partial charge in [0.2, 0.25) is 17.2 Å². The van der Waals surface area contributed by atoms with E-state index >= 15 is 17.6 Å². The molecule has 0 unspecified atom stereocenters. The van der Waals surface area contributed by atoms with Crippen molar-refractivity contribution in [1.82, 2.24) is 24.5 Å². The second-order valence-electron chi connectivity index (χ2n) is 19.9. The van der Waals surface area contributed by atoms with Crippen molar-refractivity contribution in [2.45, 2.75) is 102 Å². The van der Waals surface area contributed by atoms with E-state index in [2.05, 4.69) is 29.2 Å². The third kappa shape index (κ3) is 14.8. The van der Waals surface area contributed by atoms with Crippen LogP contribution in [0.3, 0.4) is 0 Å². The van der Waals surface area contributed by atoms with Crippen molar-refractivity contribution in [3.8, 4) is 45.6 Å². The largest absolute Gasteiger partial charge is 0.487 e. The first-order valence-corrected chi connectivity index (χ1v) is 26.7. The summed E-state index contributed by atoms with van der Waals surface area (Å²) in [6.45, 7) is 12.7. The van der Waals surface area contributed by atoms with Crippen molar-refractivity contribution in [3.05, 3.63) is 58.9 Å². The topological polar surface area (TPSA) is 71.6 Å². The van der Waals surface area contributed by atoms with Gasteiger partial charge in [-0.25, -0.2) is 22.0 Å². The lowest BCUT2D eigenvalue weighted by molar-refractivity contribution is -0.189. The fourth-order valence-electron chi connectivity index (χ4n) is 10.7. The van der Waals surface area contributed by atoms with E-state index in [9.17, 15) is 13.2 Å². The van der Waals surface area contributed by atoms with Crippen molar-refractivity contribution in [1.29, 1.82) is 0 Å². The molecule has 5 fully saturated rings. The minimum atomic E-state index is -4.82. The molecule has 3 aromatic carbocycles. The highest BCUT2D eigenvalue weighted by molar-refractivity contribution is 5.87. The van der Waals surface area contributed by atoms with Crippen LogP contribution in [0.2, 0.25) is 0 Å². The fraction of sp³-hybridized carbons (Fsp3) is 0.667. The first kappa shape index (κ1) is 54.0. The Balaban J connectivity index is 1.27. The maximum atomic E-state index is 16.7. The van der Waals surface area contributed by atoms with Crippen LogP contribution in [0.4, 0.5) is 30.7 Å². The molecule has 0 aromatic heterocycles. The van der Waals surface area contributed by atoms with Crippen LogP contribution < -0.4 is 28.4 Å². The van der Waals surface area contributed by atoms with E-state index in [1.165, 1.54) is 6.42 Å². The van der Waals surface area contributed by atoms with Gasteiger partial charge in [0.25, 0.3) is 0 Å². The van der Waals surface area contributed by atoms with Gasteiger partial charge < -0.3 is 28.4 Å². The summed E-state index contributed by atoms with van der Waals surface area (Å²) in [5, 5.41) is 0. The van der Waals surface area contributed by atoms with Crippen LogP contribution in [0.1, 0.15) is 102 Å². The molecule has 0 bridgehead atoms. The van der Waals surface area contributed by atoms with E-state index in [0.29, 0.717) is 32.7 Å². The highest BCUT2D eigenvalue weighted by Gasteiger charge is 2.43. The van der Waals surface area contributed by atoms with E-state index in [0.717, 1.165) is 167 Å². The van der Waals surface area contributed by atoms with E-state index < -0.39 is 46.5 Å². The standard InChI is InChI=1S/C54H74F7N5O6/c55-42-36-40(37-43(56)47(42)54(60,61)72-41-38-44(57)48(59)45(58)39-41)46-49(67-31-26-62-16-6-1-7-17-62)51(69-33-28-64-20-10-3-11-21-64)53(71-35-30-66-24-14-5-15-25-66)52(70-34-29-65-22-12-4-13-23-65)50(46)68-32-27-63-18-8-2-9-19-63/h36-39H,1-35H2. The smallest absolute Gasteiger partial charge is 0.432 e. The molecule has 0 radical (unpaired) electrons. The normalized spacial score (nSPS) is 19.3. The van der Waals surface area contributed by atoms with E-state index in [1.54, 1.807) is 0 Å². The molecule has 0 aliphatic carbocycles. The lowest BCUT2D eigenvalue weighted by Gasteiger charge is -2.31. The summed E-state index contributed by atoms with van der Waals surface area (Å²) in [4.78, 5) is 11.6. The predicted molar refractivity (Wildman–Crippen MR) is 262 cm³/mol. The maximum absolute atomic E-state index is 16.7. The van der Waals surface area contributed by atoms with E-state index in [4.69, 9.17) is 23.7 Å². The van der Waals surface area contributed by atoms with Gasteiger partial charge in [0.1, 0.15) is 56.0 Å². The molecule has 5 heterocycles. The van der Waals surface area contributed by atoms with Crippen LogP contribution in [0.25, 0.3) is 11.1 Å². The second kappa shape index (κ2) is 26.8. The van der Waals surface area contributed by atoms with E-state index in [1.807, 2.05) is 0 Å². The molecule has 0 amide bonds. The molecule has 0 spiro atoms. The Bertz CT molecular complexity index is 2060. The number of halogens is 7. The van der Waals surface area contributed by atoms with E-state index in [-0.39, 0.29) is 85.0 Å². The third-order valence-electron chi connectivity index (χ3n) is 14.6. The Morgan fingerprint density at radius 2 is 0.639 bits per heavy atom. The number of rotatable bonds is 24. The SMILES string of the molecule is Fc1cc(OC(F)(F)c2c(F)cc(-c3c(OCCN4CCCCC4)c(OCCN4CCCCC4)c(OCCN4CCCCC4)c(OCCN4CCCCC4)c3OCCN3CCCCC3)cc2F)cc(F)c1F. The van der Waals surface area contributed by atoms with Crippen LogP contribution in [0.15, 0.2) is 24.3 Å². The van der Waals surface area contributed by atoms with Crippen molar-refractivity contribution in [3.63, 3.8) is 0 Å². The average molecular weight is 1020 g/mol. The number of nitrogens with zero attached hydrogens (tertiary/aromatic N) is 5. The number of hydrogen-bond donors (Lipinski definition) is 0. The molecular formula is C54H74F7N5O6. The number of ether oxygens (including phenoxy) is 6. The van der Waals surface area contributed by atoms with Crippen molar-refractivity contribution in [2.75, 3.05) is 131 Å². The summed E-state index contributed by atoms with van der Waals surface area (Å²) < 4.78 is 146. The zero-order chi connectivity index (χ0) is 50.3. The highest BCUT2D eigenvalue weighted by atomic mass is 19.3. The van der Waals surface area contributed by atoms with Crippen LogP contribution in [-0.2, 0) is 6.11 Å². The molecule has 5 aliphatic heterocycles. The Hall–Kier alpha value is -4.23. The van der Waals surface area contributed by atoms with Crippen molar-refractivity contribution in [2.24, 2.45) is 0 Å². The van der Waals surface area contributed by atoms with Gasteiger partial charge in [0.05, 0.1) is 5.56 Å². The summed E-state index contributed by atoms with van der Waals surface area (Å²) in [6, 6.07) is 1.82. The molecule has 5 saturated heterocycles. The van der Waals surface area contributed by atoms with Gasteiger partial charge in [0, 0.05) is 44.9 Å². The minimum Gasteiger partial charge on any atom is -0.487 e. The lowest BCUT2D eigenvalue weighted by Crippen LogP contribution is -2.34. The Kier molecular flexibility index (Phi) is 20.1. The molecule has 0 atom stereocenters. The van der Waals surface area contributed by atoms with Gasteiger partial charge in [-0.15, -0.1) is 0 Å². The highest BCUT2D eigenvalue weighted by Crippen LogP contribution is 2.58. The first-order valence-electron chi connectivity index (χ1n) is 26.7. The van der Waals surface area contributed by atoms with Gasteiger partial charge in [0.15, 0.2) is 29.0 Å². The molecule has 72 heavy (non-hydrogen) atoms. The summed E-state index contributed by atoms with van der Waals surface area (Å²) in [7, 11) is 0. The molecule has 400 valence electrons. The Morgan fingerprint density at radius 1 is 0.361 bits per heavy atom. The molecular weight excluding hydrogens is 948 g/mol. The van der Waals surface area contributed by atoms with Crippen LogP contribution >= 0.6 is 0 Å². The van der Waals surface area contributed by atoms with Gasteiger partial charge >= 0.3 is 6.11 Å². The number of benzene rings is 3. The summed E-state index contributed by atoms with van der Waals surface area (Å²) in [5.74, 6) is -9.57. The summed E-state index contributed by atoms with van der Waals surface area (Å²) in [5.41, 5.74) is -2.04. The van der Waals surface area contributed by atoms with Gasteiger partial charge in [-0.05, 0) is 147 Å². The van der Waals surface area contributed by atoms with Crippen LogP contribution in [-0.4, -0.2) is 156 Å². The molecule has 0 N–H and O–H groups in total. The maximum Gasteiger partial charge on any atom is 0.432 e. The Labute approximate surface area is 420 Å². The third-order valence-corrected chi connectivity index (χ3v) is 14.6. The van der Waals surface area contributed by atoms with Crippen LogP contribution in [0, 0.1) is 29.1 Å². The molecule has 18 heteroatoms. The number of hydrogen-bond acceptors (Lipinski definition) is 11. The average Bonchev–Trinajstić information content (AvgIpc) is 3.38. The molecule has 11 nitrogen and oxygen atoms in total. The first-order chi connectivity index (χ1) is 35.0. The number of piperidine rings is 5. The molecule has 3 aromatic rings. The van der Waals surface area contributed by atoms with Crippen molar-refractivity contribution < 1.29 is 59.2 Å². The fourth-order valence-corrected chi connectivity index (χ4v) is 10.7. The predicted octanol–water partition coefficient (Wildman–Crippen LogP) is 10.5. The summed E-state index contributed by atoms with van der Waals surface area (Å²) >= 11 is 0. The second-order valence-corrected chi connectivity index (χ2v) is 19.9. The molecule has 0 saturated carbocycles. The van der Waals surface area contributed by atoms with Gasteiger partial charge in [-0.1, -0.05) is 32.1 Å². The zero-order valence-electron chi connectivity index (χ0n) is 41.9. The molecule has 5 aliphatic rings. The van der Waals surface area contributed by atoms with Gasteiger partial charge in [-0.2, -0.15) is 8.78 Å². The summed E-state index contributed by atoms with van der Waals surface area (Å²) in [6.07, 6.45) is 11.5. The van der Waals surface area contributed by atoms with Crippen molar-refractivity contribution >= 4 is 0 Å². The lowest BCUT2D eigenvalue weighted by atomic mass is 9.98. The number of likely N-dealkylation sites (tertiary alicyclic amines) is 5. The number of alkyl halides is 2. The quantitative estimate of drug-likeness (QED) is 0.0636.